The minimum absolute atomic E-state index is 0.0400. The van der Waals surface area contributed by atoms with Crippen LogP contribution in [0.5, 0.6) is 0 Å². The number of carbonyl (C=O) groups is 2. The van der Waals surface area contributed by atoms with Crippen LogP contribution in [0.2, 0.25) is 0 Å². The third kappa shape index (κ3) is 3.80. The maximum atomic E-state index is 12.5. The van der Waals surface area contributed by atoms with Gasteiger partial charge < -0.3 is 10.2 Å². The minimum Gasteiger partial charge on any atom is -0.355 e. The summed E-state index contributed by atoms with van der Waals surface area (Å²) < 4.78 is 0. The van der Waals surface area contributed by atoms with E-state index < -0.39 is 0 Å². The lowest BCUT2D eigenvalue weighted by atomic mass is 9.96. The first-order chi connectivity index (χ1) is 11.7. The Morgan fingerprint density at radius 1 is 1.25 bits per heavy atom. The van der Waals surface area contributed by atoms with Crippen LogP contribution in [-0.4, -0.2) is 35.8 Å². The minimum atomic E-state index is -0.175. The molecule has 1 aromatic rings. The molecule has 1 aromatic carbocycles. The van der Waals surface area contributed by atoms with Gasteiger partial charge in [0.15, 0.2) is 0 Å². The van der Waals surface area contributed by atoms with Crippen LogP contribution in [0.15, 0.2) is 30.3 Å². The van der Waals surface area contributed by atoms with Crippen molar-refractivity contribution in [2.45, 2.75) is 57.4 Å². The summed E-state index contributed by atoms with van der Waals surface area (Å²) >= 11 is 0. The highest BCUT2D eigenvalue weighted by molar-refractivity contribution is 5.89. The van der Waals surface area contributed by atoms with Crippen LogP contribution in [0, 0.1) is 5.92 Å². The zero-order valence-corrected chi connectivity index (χ0v) is 14.5. The second-order valence-corrected chi connectivity index (χ2v) is 7.15. The first-order valence-corrected chi connectivity index (χ1v) is 9.31. The second-order valence-electron chi connectivity index (χ2n) is 7.15. The summed E-state index contributed by atoms with van der Waals surface area (Å²) in [6, 6.07) is 10.7. The summed E-state index contributed by atoms with van der Waals surface area (Å²) in [5, 5.41) is 3.09. The van der Waals surface area contributed by atoms with E-state index in [4.69, 9.17) is 0 Å². The Hall–Kier alpha value is -1.84. The highest BCUT2D eigenvalue weighted by Gasteiger charge is 2.38. The van der Waals surface area contributed by atoms with Crippen LogP contribution >= 0.6 is 0 Å². The van der Waals surface area contributed by atoms with E-state index in [0.717, 1.165) is 19.3 Å². The van der Waals surface area contributed by atoms with E-state index in [0.29, 0.717) is 31.5 Å². The third-order valence-corrected chi connectivity index (χ3v) is 5.58. The van der Waals surface area contributed by atoms with Gasteiger partial charge in [-0.2, -0.15) is 0 Å². The average molecular weight is 328 g/mol. The highest BCUT2D eigenvalue weighted by Crippen LogP contribution is 2.29. The normalized spacial score (nSPS) is 22.8. The van der Waals surface area contributed by atoms with Crippen molar-refractivity contribution in [2.24, 2.45) is 5.92 Å². The molecule has 130 valence electrons. The first kappa shape index (κ1) is 17.0. The van der Waals surface area contributed by atoms with Crippen molar-refractivity contribution in [2.75, 3.05) is 13.1 Å². The molecule has 2 atom stereocenters. The van der Waals surface area contributed by atoms with Gasteiger partial charge in [0.25, 0.3) is 0 Å². The van der Waals surface area contributed by atoms with Gasteiger partial charge in [-0.05, 0) is 24.8 Å². The van der Waals surface area contributed by atoms with E-state index in [2.05, 4.69) is 24.4 Å². The number of hydrogen-bond donors (Lipinski definition) is 1. The SMILES string of the molecule is CC[C@@H](CNC(=O)[C@@H]1CC(=O)N(C2CCCC2)C1)c1ccccc1. The van der Waals surface area contributed by atoms with Crippen LogP contribution < -0.4 is 5.32 Å². The number of nitrogens with one attached hydrogen (secondary N) is 1. The number of rotatable bonds is 6. The fourth-order valence-electron chi connectivity index (χ4n) is 4.07. The Morgan fingerprint density at radius 3 is 2.62 bits per heavy atom. The fourth-order valence-corrected chi connectivity index (χ4v) is 4.07. The van der Waals surface area contributed by atoms with Crippen LogP contribution in [0.1, 0.15) is 56.9 Å². The molecule has 0 bridgehead atoms. The molecular formula is C20H28N2O2. The standard InChI is InChI=1S/C20H28N2O2/c1-2-15(16-8-4-3-5-9-16)13-21-20(24)17-12-19(23)22(14-17)18-10-6-7-11-18/h3-5,8-9,15,17-18H,2,6-7,10-14H2,1H3,(H,21,24)/t15-,17+/m0/s1. The van der Waals surface area contributed by atoms with E-state index in [9.17, 15) is 9.59 Å². The summed E-state index contributed by atoms with van der Waals surface area (Å²) in [5.74, 6) is 0.361. The first-order valence-electron chi connectivity index (χ1n) is 9.31. The van der Waals surface area contributed by atoms with Crippen LogP contribution in [-0.2, 0) is 9.59 Å². The zero-order chi connectivity index (χ0) is 16.9. The summed E-state index contributed by atoms with van der Waals surface area (Å²) in [7, 11) is 0. The van der Waals surface area contributed by atoms with Crippen molar-refractivity contribution < 1.29 is 9.59 Å². The molecule has 1 heterocycles. The van der Waals surface area contributed by atoms with Gasteiger partial charge in [-0.1, -0.05) is 50.1 Å². The Labute approximate surface area is 144 Å². The van der Waals surface area contributed by atoms with E-state index in [1.807, 2.05) is 23.1 Å². The lowest BCUT2D eigenvalue weighted by Crippen LogP contribution is -2.37. The van der Waals surface area contributed by atoms with Gasteiger partial charge in [0.05, 0.1) is 5.92 Å². The van der Waals surface area contributed by atoms with Crippen molar-refractivity contribution in [3.05, 3.63) is 35.9 Å². The summed E-state index contributed by atoms with van der Waals surface area (Å²) in [6.45, 7) is 3.40. The summed E-state index contributed by atoms with van der Waals surface area (Å²) in [5.41, 5.74) is 1.26. The number of hydrogen-bond acceptors (Lipinski definition) is 2. The quantitative estimate of drug-likeness (QED) is 0.872. The maximum absolute atomic E-state index is 12.5. The van der Waals surface area contributed by atoms with Crippen LogP contribution in [0.4, 0.5) is 0 Å². The lowest BCUT2D eigenvalue weighted by Gasteiger charge is -2.24. The summed E-state index contributed by atoms with van der Waals surface area (Å²) in [4.78, 5) is 26.7. The van der Waals surface area contributed by atoms with E-state index >= 15 is 0 Å². The maximum Gasteiger partial charge on any atom is 0.225 e. The largest absolute Gasteiger partial charge is 0.355 e. The average Bonchev–Trinajstić information content (AvgIpc) is 3.25. The van der Waals surface area contributed by atoms with Gasteiger partial charge >= 0.3 is 0 Å². The molecule has 4 nitrogen and oxygen atoms in total. The van der Waals surface area contributed by atoms with E-state index in [1.54, 1.807) is 0 Å². The number of amides is 2. The topological polar surface area (TPSA) is 49.4 Å². The van der Waals surface area contributed by atoms with Gasteiger partial charge in [-0.25, -0.2) is 0 Å². The van der Waals surface area contributed by atoms with E-state index in [1.165, 1.54) is 18.4 Å². The molecule has 1 saturated carbocycles. The fraction of sp³-hybridized carbons (Fsp3) is 0.600. The molecule has 1 saturated heterocycles. The Kier molecular flexibility index (Phi) is 5.54. The molecule has 3 rings (SSSR count). The van der Waals surface area contributed by atoms with Gasteiger partial charge in [-0.15, -0.1) is 0 Å². The van der Waals surface area contributed by atoms with Crippen molar-refractivity contribution in [3.63, 3.8) is 0 Å². The number of likely N-dealkylation sites (tertiary alicyclic amines) is 1. The monoisotopic (exact) mass is 328 g/mol. The van der Waals surface area contributed by atoms with Crippen molar-refractivity contribution >= 4 is 11.8 Å². The molecule has 1 aliphatic carbocycles. The molecule has 0 aromatic heterocycles. The number of nitrogens with zero attached hydrogens (tertiary/aromatic N) is 1. The molecule has 24 heavy (non-hydrogen) atoms. The van der Waals surface area contributed by atoms with Crippen molar-refractivity contribution in [1.29, 1.82) is 0 Å². The molecule has 0 spiro atoms. The van der Waals surface area contributed by atoms with Crippen LogP contribution in [0.25, 0.3) is 0 Å². The Bertz CT molecular complexity index is 566. The zero-order valence-electron chi connectivity index (χ0n) is 14.5. The molecule has 2 amide bonds. The smallest absolute Gasteiger partial charge is 0.225 e. The molecule has 1 aliphatic heterocycles. The summed E-state index contributed by atoms with van der Waals surface area (Å²) in [6.07, 6.45) is 5.99. The van der Waals surface area contributed by atoms with Crippen molar-refractivity contribution in [3.8, 4) is 0 Å². The molecule has 2 aliphatic rings. The van der Waals surface area contributed by atoms with Gasteiger partial charge in [0, 0.05) is 31.5 Å². The third-order valence-electron chi connectivity index (χ3n) is 5.58. The predicted molar refractivity (Wildman–Crippen MR) is 94.6 cm³/mol. The Balaban J connectivity index is 1.52. The molecule has 2 fully saturated rings. The highest BCUT2D eigenvalue weighted by atomic mass is 16.2. The molecule has 1 N–H and O–H groups in total. The molecule has 0 radical (unpaired) electrons. The lowest BCUT2D eigenvalue weighted by molar-refractivity contribution is -0.130. The predicted octanol–water partition coefficient (Wildman–Crippen LogP) is 3.09. The second kappa shape index (κ2) is 7.82. The van der Waals surface area contributed by atoms with Gasteiger partial charge in [0.2, 0.25) is 11.8 Å². The van der Waals surface area contributed by atoms with Gasteiger partial charge in [0.1, 0.15) is 0 Å². The number of carbonyl (C=O) groups excluding carboxylic acids is 2. The van der Waals surface area contributed by atoms with Crippen molar-refractivity contribution in [1.82, 2.24) is 10.2 Å². The van der Waals surface area contributed by atoms with E-state index in [-0.39, 0.29) is 17.7 Å². The van der Waals surface area contributed by atoms with Crippen LogP contribution in [0.3, 0.4) is 0 Å². The van der Waals surface area contributed by atoms with Gasteiger partial charge in [-0.3, -0.25) is 9.59 Å². The molecular weight excluding hydrogens is 300 g/mol. The molecule has 4 heteroatoms. The Morgan fingerprint density at radius 2 is 1.96 bits per heavy atom. The molecule has 0 unspecified atom stereocenters. The number of benzene rings is 1.